The van der Waals surface area contributed by atoms with Crippen LogP contribution in [0.25, 0.3) is 0 Å². The van der Waals surface area contributed by atoms with Crippen LogP contribution in [0.4, 0.5) is 5.00 Å². The molecule has 0 unspecified atom stereocenters. The van der Waals surface area contributed by atoms with Crippen LogP contribution in [-0.2, 0) is 11.2 Å². The van der Waals surface area contributed by atoms with Crippen LogP contribution in [0.2, 0.25) is 0 Å². The second kappa shape index (κ2) is 3.31. The number of carbonyl (C=O) groups is 1. The number of rotatable bonds is 3. The highest BCUT2D eigenvalue weighted by Gasteiger charge is 2.16. The molecule has 0 aromatic carbocycles. The SMILES string of the molecule is O=C(O)Cc1ccsc1[N+](=O)[O-]. The molecule has 1 rings (SSSR count). The molecule has 6 heteroatoms. The molecule has 0 spiro atoms. The average Bonchev–Trinajstić information content (AvgIpc) is 2.33. The van der Waals surface area contributed by atoms with Gasteiger partial charge in [0.1, 0.15) is 0 Å². The van der Waals surface area contributed by atoms with E-state index < -0.39 is 10.9 Å². The standard InChI is InChI=1S/C6H5NO4S/c8-5(9)3-4-1-2-12-6(4)7(10)11/h1-2H,3H2,(H,8,9). The van der Waals surface area contributed by atoms with Gasteiger partial charge in [0.25, 0.3) is 0 Å². The second-order valence-corrected chi connectivity index (χ2v) is 2.97. The maximum atomic E-state index is 10.3. The van der Waals surface area contributed by atoms with E-state index in [-0.39, 0.29) is 17.0 Å². The summed E-state index contributed by atoms with van der Waals surface area (Å²) in [5.74, 6) is -1.06. The first-order valence-corrected chi connectivity index (χ1v) is 3.92. The van der Waals surface area contributed by atoms with E-state index in [0.717, 1.165) is 11.3 Å². The minimum Gasteiger partial charge on any atom is -0.481 e. The Labute approximate surface area is 71.4 Å². The van der Waals surface area contributed by atoms with Crippen molar-refractivity contribution in [2.75, 3.05) is 0 Å². The fraction of sp³-hybridized carbons (Fsp3) is 0.167. The molecule has 0 amide bonds. The van der Waals surface area contributed by atoms with Crippen LogP contribution >= 0.6 is 11.3 Å². The molecule has 1 aromatic heterocycles. The second-order valence-electron chi connectivity index (χ2n) is 2.08. The van der Waals surface area contributed by atoms with Crippen molar-refractivity contribution in [1.82, 2.24) is 0 Å². The fourth-order valence-electron chi connectivity index (χ4n) is 0.785. The Bertz CT molecular complexity index is 319. The van der Waals surface area contributed by atoms with Gasteiger partial charge in [0.05, 0.1) is 16.9 Å². The molecule has 5 nitrogen and oxygen atoms in total. The van der Waals surface area contributed by atoms with Crippen molar-refractivity contribution < 1.29 is 14.8 Å². The van der Waals surface area contributed by atoms with Gasteiger partial charge in [-0.2, -0.15) is 0 Å². The number of carboxylic acid groups (broad SMARTS) is 1. The largest absolute Gasteiger partial charge is 0.481 e. The molecule has 0 atom stereocenters. The summed E-state index contributed by atoms with van der Waals surface area (Å²) in [4.78, 5) is 19.9. The lowest BCUT2D eigenvalue weighted by atomic mass is 10.2. The average molecular weight is 187 g/mol. The summed E-state index contributed by atoms with van der Waals surface area (Å²) in [5.41, 5.74) is 0.262. The van der Waals surface area contributed by atoms with Crippen molar-refractivity contribution in [3.05, 3.63) is 27.1 Å². The summed E-state index contributed by atoms with van der Waals surface area (Å²) in [6, 6.07) is 1.46. The molecule has 0 saturated carbocycles. The number of nitrogens with zero attached hydrogens (tertiary/aromatic N) is 1. The van der Waals surface area contributed by atoms with E-state index in [2.05, 4.69) is 0 Å². The van der Waals surface area contributed by atoms with E-state index >= 15 is 0 Å². The molecule has 0 fully saturated rings. The highest BCUT2D eigenvalue weighted by molar-refractivity contribution is 7.13. The zero-order chi connectivity index (χ0) is 9.14. The van der Waals surface area contributed by atoms with Gasteiger partial charge < -0.3 is 5.11 Å². The van der Waals surface area contributed by atoms with Gasteiger partial charge in [-0.3, -0.25) is 14.9 Å². The van der Waals surface area contributed by atoms with Crippen LogP contribution in [-0.4, -0.2) is 16.0 Å². The lowest BCUT2D eigenvalue weighted by Crippen LogP contribution is -2.00. The smallest absolute Gasteiger partial charge is 0.327 e. The number of hydrogen-bond donors (Lipinski definition) is 1. The Morgan fingerprint density at radius 2 is 2.42 bits per heavy atom. The molecule has 0 saturated heterocycles. The molecule has 0 bridgehead atoms. The molecule has 0 aliphatic rings. The minimum atomic E-state index is -1.06. The highest BCUT2D eigenvalue weighted by Crippen LogP contribution is 2.25. The predicted octanol–water partition coefficient (Wildman–Crippen LogP) is 1.28. The molecule has 64 valence electrons. The van der Waals surface area contributed by atoms with Gasteiger partial charge >= 0.3 is 11.0 Å². The molecule has 0 aliphatic carbocycles. The molecule has 1 heterocycles. The van der Waals surface area contributed by atoms with Crippen molar-refractivity contribution in [2.24, 2.45) is 0 Å². The van der Waals surface area contributed by atoms with Crippen LogP contribution in [0.15, 0.2) is 11.4 Å². The van der Waals surface area contributed by atoms with E-state index in [0.29, 0.717) is 0 Å². The third kappa shape index (κ3) is 1.79. The third-order valence-electron chi connectivity index (χ3n) is 1.23. The van der Waals surface area contributed by atoms with Crippen LogP contribution < -0.4 is 0 Å². The predicted molar refractivity (Wildman–Crippen MR) is 42.3 cm³/mol. The molecule has 0 aliphatic heterocycles. The van der Waals surface area contributed by atoms with Gasteiger partial charge in [0.15, 0.2) is 0 Å². The van der Waals surface area contributed by atoms with Crippen molar-refractivity contribution in [1.29, 1.82) is 0 Å². The van der Waals surface area contributed by atoms with Crippen molar-refractivity contribution in [3.63, 3.8) is 0 Å². The lowest BCUT2D eigenvalue weighted by Gasteiger charge is -1.90. The van der Waals surface area contributed by atoms with E-state index in [1.165, 1.54) is 11.4 Å². The maximum Gasteiger partial charge on any atom is 0.327 e. The van der Waals surface area contributed by atoms with Gasteiger partial charge in [-0.15, -0.1) is 0 Å². The summed E-state index contributed by atoms with van der Waals surface area (Å²) in [6.45, 7) is 0. The molecular formula is C6H5NO4S. The number of carboxylic acids is 1. The van der Waals surface area contributed by atoms with Crippen molar-refractivity contribution in [2.45, 2.75) is 6.42 Å². The fourth-order valence-corrected chi connectivity index (χ4v) is 1.52. The summed E-state index contributed by atoms with van der Waals surface area (Å²) >= 11 is 0.937. The maximum absolute atomic E-state index is 10.3. The van der Waals surface area contributed by atoms with Crippen molar-refractivity contribution >= 4 is 22.3 Å². The lowest BCUT2D eigenvalue weighted by molar-refractivity contribution is -0.380. The third-order valence-corrected chi connectivity index (χ3v) is 2.14. The van der Waals surface area contributed by atoms with E-state index in [1.54, 1.807) is 0 Å². The Morgan fingerprint density at radius 3 is 2.92 bits per heavy atom. The van der Waals surface area contributed by atoms with E-state index in [4.69, 9.17) is 5.11 Å². The molecule has 1 N–H and O–H groups in total. The molecule has 0 radical (unpaired) electrons. The summed E-state index contributed by atoms with van der Waals surface area (Å²) < 4.78 is 0. The monoisotopic (exact) mass is 187 g/mol. The van der Waals surface area contributed by atoms with E-state index in [1.807, 2.05) is 0 Å². The zero-order valence-corrected chi connectivity index (χ0v) is 6.71. The molecule has 1 aromatic rings. The number of thiophene rings is 1. The minimum absolute atomic E-state index is 0.0857. The van der Waals surface area contributed by atoms with Gasteiger partial charge in [-0.25, -0.2) is 0 Å². The Hall–Kier alpha value is -1.43. The van der Waals surface area contributed by atoms with Crippen LogP contribution in [0.5, 0.6) is 0 Å². The van der Waals surface area contributed by atoms with Gasteiger partial charge in [0.2, 0.25) is 0 Å². The van der Waals surface area contributed by atoms with Crippen LogP contribution in [0, 0.1) is 10.1 Å². The van der Waals surface area contributed by atoms with Crippen LogP contribution in [0.1, 0.15) is 5.56 Å². The molecular weight excluding hydrogens is 182 g/mol. The Kier molecular flexibility index (Phi) is 2.39. The van der Waals surface area contributed by atoms with Gasteiger partial charge in [-0.05, 0) is 11.4 Å². The summed E-state index contributed by atoms with van der Waals surface area (Å²) in [6.07, 6.45) is -0.292. The first kappa shape index (κ1) is 8.66. The summed E-state index contributed by atoms with van der Waals surface area (Å²) in [7, 11) is 0. The van der Waals surface area contributed by atoms with Gasteiger partial charge in [-0.1, -0.05) is 11.3 Å². The van der Waals surface area contributed by atoms with Crippen LogP contribution in [0.3, 0.4) is 0 Å². The van der Waals surface area contributed by atoms with Crippen molar-refractivity contribution in [3.8, 4) is 0 Å². The first-order valence-electron chi connectivity index (χ1n) is 3.04. The van der Waals surface area contributed by atoms with Gasteiger partial charge in [0, 0.05) is 0 Å². The Morgan fingerprint density at radius 1 is 1.75 bits per heavy atom. The Balaban J connectivity index is 2.91. The number of nitro groups is 1. The summed E-state index contributed by atoms with van der Waals surface area (Å²) in [5, 5.41) is 20.1. The normalized spacial score (nSPS) is 9.67. The topological polar surface area (TPSA) is 80.4 Å². The van der Waals surface area contributed by atoms with E-state index in [9.17, 15) is 14.9 Å². The molecule has 12 heavy (non-hydrogen) atoms. The quantitative estimate of drug-likeness (QED) is 0.571. The highest BCUT2D eigenvalue weighted by atomic mass is 32.1. The zero-order valence-electron chi connectivity index (χ0n) is 5.89. The number of aliphatic carboxylic acids is 1. The number of hydrogen-bond acceptors (Lipinski definition) is 4. The first-order chi connectivity index (χ1) is 5.61.